The van der Waals surface area contributed by atoms with Crippen LogP contribution in [0.4, 0.5) is 0 Å². The first kappa shape index (κ1) is 13.8. The van der Waals surface area contributed by atoms with E-state index in [1.54, 1.807) is 18.3 Å². The number of thiazole rings is 1. The maximum absolute atomic E-state index is 12.0. The molecule has 0 radical (unpaired) electrons. The van der Waals surface area contributed by atoms with Gasteiger partial charge in [-0.2, -0.15) is 0 Å². The first-order chi connectivity index (χ1) is 9.02. The molecule has 0 fully saturated rings. The van der Waals surface area contributed by atoms with Crippen molar-refractivity contribution >= 4 is 17.3 Å². The molecular weight excluding hydrogens is 262 g/mol. The molecule has 0 bridgehead atoms. The van der Waals surface area contributed by atoms with Crippen molar-refractivity contribution in [2.75, 3.05) is 0 Å². The number of rotatable bonds is 4. The van der Waals surface area contributed by atoms with Gasteiger partial charge in [0.05, 0.1) is 10.7 Å². The molecule has 102 valence electrons. The van der Waals surface area contributed by atoms with E-state index in [9.17, 15) is 4.79 Å². The smallest absolute Gasteiger partial charge is 0.342 e. The third kappa shape index (κ3) is 2.87. The number of furan rings is 1. The molecule has 2 heterocycles. The van der Waals surface area contributed by atoms with E-state index in [1.165, 1.54) is 0 Å². The van der Waals surface area contributed by atoms with E-state index in [1.807, 2.05) is 19.2 Å². The fourth-order valence-electron chi connectivity index (χ4n) is 1.88. The molecule has 0 unspecified atom stereocenters. The van der Waals surface area contributed by atoms with Crippen LogP contribution in [0.5, 0.6) is 0 Å². The lowest BCUT2D eigenvalue weighted by Gasteiger charge is -2.02. The van der Waals surface area contributed by atoms with Gasteiger partial charge in [-0.25, -0.2) is 9.78 Å². The molecule has 2 rings (SSSR count). The third-order valence-corrected chi connectivity index (χ3v) is 4.06. The zero-order chi connectivity index (χ0) is 14.0. The van der Waals surface area contributed by atoms with Crippen molar-refractivity contribution in [3.8, 4) is 0 Å². The van der Waals surface area contributed by atoms with Gasteiger partial charge in [0.1, 0.15) is 23.7 Å². The van der Waals surface area contributed by atoms with Crippen molar-refractivity contribution in [2.24, 2.45) is 0 Å². The predicted octanol–water partition coefficient (Wildman–Crippen LogP) is 3.58. The second-order valence-electron chi connectivity index (χ2n) is 4.38. The van der Waals surface area contributed by atoms with Crippen molar-refractivity contribution in [3.63, 3.8) is 0 Å². The molecule has 0 aliphatic carbocycles. The highest BCUT2D eigenvalue weighted by atomic mass is 32.1. The number of esters is 1. The Morgan fingerprint density at radius 3 is 2.63 bits per heavy atom. The summed E-state index contributed by atoms with van der Waals surface area (Å²) >= 11 is 1.59. The van der Waals surface area contributed by atoms with Crippen LogP contribution < -0.4 is 0 Å². The standard InChI is InChI=1S/C14H17NO3S/c1-5-12-15-11(7-19-12)6-17-14(16)13-8(2)9(3)18-10(13)4/h7H,5-6H2,1-4H3. The summed E-state index contributed by atoms with van der Waals surface area (Å²) in [5, 5.41) is 2.98. The van der Waals surface area contributed by atoms with Crippen LogP contribution in [0.3, 0.4) is 0 Å². The number of hydrogen-bond donors (Lipinski definition) is 0. The lowest BCUT2D eigenvalue weighted by molar-refractivity contribution is 0.0465. The number of hydrogen-bond acceptors (Lipinski definition) is 5. The van der Waals surface area contributed by atoms with Gasteiger partial charge in [0.25, 0.3) is 0 Å². The number of nitrogens with zero attached hydrogens (tertiary/aromatic N) is 1. The van der Waals surface area contributed by atoms with Crippen LogP contribution >= 0.6 is 11.3 Å². The van der Waals surface area contributed by atoms with Gasteiger partial charge in [0.2, 0.25) is 0 Å². The van der Waals surface area contributed by atoms with Crippen LogP contribution in [0.15, 0.2) is 9.80 Å². The molecule has 0 aliphatic rings. The van der Waals surface area contributed by atoms with Gasteiger partial charge in [-0.3, -0.25) is 0 Å². The molecule has 4 nitrogen and oxygen atoms in total. The second-order valence-corrected chi connectivity index (χ2v) is 5.32. The quantitative estimate of drug-likeness (QED) is 0.803. The fraction of sp³-hybridized carbons (Fsp3) is 0.429. The molecule has 0 aliphatic heterocycles. The van der Waals surface area contributed by atoms with Crippen LogP contribution in [0.25, 0.3) is 0 Å². The van der Waals surface area contributed by atoms with E-state index in [0.717, 1.165) is 28.4 Å². The Morgan fingerprint density at radius 1 is 1.37 bits per heavy atom. The molecular formula is C14H17NO3S. The summed E-state index contributed by atoms with van der Waals surface area (Å²) in [5.41, 5.74) is 2.17. The molecule has 0 N–H and O–H groups in total. The summed E-state index contributed by atoms with van der Waals surface area (Å²) in [6.45, 7) is 7.73. The minimum Gasteiger partial charge on any atom is -0.465 e. The van der Waals surface area contributed by atoms with E-state index < -0.39 is 0 Å². The van der Waals surface area contributed by atoms with Crippen molar-refractivity contribution in [1.82, 2.24) is 4.98 Å². The van der Waals surface area contributed by atoms with E-state index in [0.29, 0.717) is 11.3 Å². The van der Waals surface area contributed by atoms with E-state index >= 15 is 0 Å². The zero-order valence-electron chi connectivity index (χ0n) is 11.6. The van der Waals surface area contributed by atoms with Crippen LogP contribution in [-0.4, -0.2) is 11.0 Å². The monoisotopic (exact) mass is 279 g/mol. The fourth-order valence-corrected chi connectivity index (χ4v) is 2.61. The Morgan fingerprint density at radius 2 is 2.11 bits per heavy atom. The zero-order valence-corrected chi connectivity index (χ0v) is 12.4. The molecule has 0 saturated heterocycles. The predicted molar refractivity (Wildman–Crippen MR) is 73.5 cm³/mol. The van der Waals surface area contributed by atoms with Crippen LogP contribution in [0.1, 0.15) is 45.1 Å². The summed E-state index contributed by atoms with van der Waals surface area (Å²) in [6.07, 6.45) is 0.901. The van der Waals surface area contributed by atoms with Crippen LogP contribution in [0.2, 0.25) is 0 Å². The highest BCUT2D eigenvalue weighted by Crippen LogP contribution is 2.22. The molecule has 2 aromatic heterocycles. The van der Waals surface area contributed by atoms with E-state index in [-0.39, 0.29) is 12.6 Å². The number of carbonyl (C=O) groups is 1. The largest absolute Gasteiger partial charge is 0.465 e. The van der Waals surface area contributed by atoms with Gasteiger partial charge in [-0.05, 0) is 27.2 Å². The second kappa shape index (κ2) is 5.57. The van der Waals surface area contributed by atoms with Gasteiger partial charge in [0, 0.05) is 10.9 Å². The molecule has 0 saturated carbocycles. The summed E-state index contributed by atoms with van der Waals surface area (Å²) in [7, 11) is 0. The Labute approximate surface area is 116 Å². The van der Waals surface area contributed by atoms with Crippen molar-refractivity contribution in [2.45, 2.75) is 40.7 Å². The van der Waals surface area contributed by atoms with Gasteiger partial charge in [-0.15, -0.1) is 11.3 Å². The average Bonchev–Trinajstić information content (AvgIpc) is 2.93. The lowest BCUT2D eigenvalue weighted by Crippen LogP contribution is -2.07. The first-order valence-electron chi connectivity index (χ1n) is 6.20. The number of aromatic nitrogens is 1. The number of carbonyl (C=O) groups excluding carboxylic acids is 1. The molecule has 0 aromatic carbocycles. The van der Waals surface area contributed by atoms with Crippen molar-refractivity contribution < 1.29 is 13.9 Å². The summed E-state index contributed by atoms with van der Waals surface area (Å²) < 4.78 is 10.7. The van der Waals surface area contributed by atoms with Crippen molar-refractivity contribution in [3.05, 3.63) is 38.7 Å². The number of ether oxygens (including phenoxy) is 1. The maximum atomic E-state index is 12.0. The van der Waals surface area contributed by atoms with Gasteiger partial charge < -0.3 is 9.15 Å². The normalized spacial score (nSPS) is 10.7. The molecule has 0 atom stereocenters. The van der Waals surface area contributed by atoms with Gasteiger partial charge >= 0.3 is 5.97 Å². The summed E-state index contributed by atoms with van der Waals surface area (Å²) in [4.78, 5) is 16.4. The highest BCUT2D eigenvalue weighted by molar-refractivity contribution is 7.09. The minimum absolute atomic E-state index is 0.207. The number of aryl methyl sites for hydroxylation is 3. The third-order valence-electron chi connectivity index (χ3n) is 3.02. The molecule has 5 heteroatoms. The molecule has 0 amide bonds. The molecule has 19 heavy (non-hydrogen) atoms. The van der Waals surface area contributed by atoms with Crippen LogP contribution in [0, 0.1) is 20.8 Å². The maximum Gasteiger partial charge on any atom is 0.342 e. The van der Waals surface area contributed by atoms with E-state index in [4.69, 9.17) is 9.15 Å². The Kier molecular flexibility index (Phi) is 4.04. The Hall–Kier alpha value is -1.62. The Balaban J connectivity index is 2.05. The van der Waals surface area contributed by atoms with Crippen molar-refractivity contribution in [1.29, 1.82) is 0 Å². The topological polar surface area (TPSA) is 52.3 Å². The lowest BCUT2D eigenvalue weighted by atomic mass is 10.1. The van der Waals surface area contributed by atoms with E-state index in [2.05, 4.69) is 11.9 Å². The molecule has 2 aromatic rings. The Bertz CT molecular complexity index is 598. The summed E-state index contributed by atoms with van der Waals surface area (Å²) in [6, 6.07) is 0. The first-order valence-corrected chi connectivity index (χ1v) is 7.07. The highest BCUT2D eigenvalue weighted by Gasteiger charge is 2.20. The SMILES string of the molecule is CCc1nc(COC(=O)c2c(C)oc(C)c2C)cs1. The van der Waals surface area contributed by atoms with Gasteiger partial charge in [-0.1, -0.05) is 6.92 Å². The van der Waals surface area contributed by atoms with Crippen LogP contribution in [-0.2, 0) is 17.8 Å². The van der Waals surface area contributed by atoms with Gasteiger partial charge in [0.15, 0.2) is 0 Å². The summed E-state index contributed by atoms with van der Waals surface area (Å²) in [5.74, 6) is 1.01. The minimum atomic E-state index is -0.349. The average molecular weight is 279 g/mol. The molecule has 0 spiro atoms.